The Bertz CT molecular complexity index is 568. The Hall–Kier alpha value is -1.55. The highest BCUT2D eigenvalue weighted by Gasteiger charge is 2.30. The topological polar surface area (TPSA) is 47.6 Å². The zero-order chi connectivity index (χ0) is 17.0. The summed E-state index contributed by atoms with van der Waals surface area (Å²) in [6.07, 6.45) is 3.07. The monoisotopic (exact) mass is 319 g/mol. The SMILES string of the molecule is COCCNC(=O)[C@@H](C)[C@@H]1CCc2c(C)cc(OC)c(C)c2C1. The Labute approximate surface area is 139 Å². The van der Waals surface area contributed by atoms with Gasteiger partial charge in [0.25, 0.3) is 0 Å². The van der Waals surface area contributed by atoms with Gasteiger partial charge in [0.15, 0.2) is 0 Å². The summed E-state index contributed by atoms with van der Waals surface area (Å²) in [5.41, 5.74) is 5.36. The lowest BCUT2D eigenvalue weighted by Crippen LogP contribution is -2.37. The van der Waals surface area contributed by atoms with Crippen molar-refractivity contribution in [3.63, 3.8) is 0 Å². The quantitative estimate of drug-likeness (QED) is 0.820. The third-order valence-corrected chi connectivity index (χ3v) is 5.19. The molecule has 0 unspecified atom stereocenters. The van der Waals surface area contributed by atoms with Crippen LogP contribution >= 0.6 is 0 Å². The van der Waals surface area contributed by atoms with Crippen LogP contribution in [0.15, 0.2) is 6.07 Å². The molecular formula is C19H29NO3. The molecule has 0 radical (unpaired) electrons. The van der Waals surface area contributed by atoms with Gasteiger partial charge in [-0.3, -0.25) is 4.79 Å². The van der Waals surface area contributed by atoms with Gasteiger partial charge in [-0.05, 0) is 67.3 Å². The minimum atomic E-state index is 0.0194. The Morgan fingerprint density at radius 2 is 2.09 bits per heavy atom. The normalized spacial score (nSPS) is 18.2. The minimum Gasteiger partial charge on any atom is -0.496 e. The first-order valence-corrected chi connectivity index (χ1v) is 8.42. The minimum absolute atomic E-state index is 0.0194. The molecule has 128 valence electrons. The van der Waals surface area contributed by atoms with E-state index in [2.05, 4.69) is 25.2 Å². The molecule has 0 aliphatic heterocycles. The van der Waals surface area contributed by atoms with Crippen LogP contribution in [0, 0.1) is 25.7 Å². The molecule has 23 heavy (non-hydrogen) atoms. The summed E-state index contributed by atoms with van der Waals surface area (Å²) in [6.45, 7) is 7.46. The lowest BCUT2D eigenvalue weighted by Gasteiger charge is -2.31. The third-order valence-electron chi connectivity index (χ3n) is 5.19. The van der Waals surface area contributed by atoms with E-state index in [9.17, 15) is 4.79 Å². The van der Waals surface area contributed by atoms with Crippen LogP contribution in [-0.2, 0) is 22.4 Å². The molecule has 1 N–H and O–H groups in total. The maximum atomic E-state index is 12.3. The van der Waals surface area contributed by atoms with E-state index in [1.165, 1.54) is 22.3 Å². The number of ether oxygens (including phenoxy) is 2. The van der Waals surface area contributed by atoms with Crippen molar-refractivity contribution in [2.75, 3.05) is 27.4 Å². The predicted octanol–water partition coefficient (Wildman–Crippen LogP) is 2.82. The van der Waals surface area contributed by atoms with Gasteiger partial charge in [-0.2, -0.15) is 0 Å². The van der Waals surface area contributed by atoms with Crippen LogP contribution in [-0.4, -0.2) is 33.3 Å². The van der Waals surface area contributed by atoms with Crippen molar-refractivity contribution in [3.05, 3.63) is 28.3 Å². The number of rotatable bonds is 6. The second-order valence-electron chi connectivity index (χ2n) is 6.55. The van der Waals surface area contributed by atoms with Crippen LogP contribution < -0.4 is 10.1 Å². The predicted molar refractivity (Wildman–Crippen MR) is 92.0 cm³/mol. The Morgan fingerprint density at radius 1 is 1.35 bits per heavy atom. The summed E-state index contributed by atoms with van der Waals surface area (Å²) in [4.78, 5) is 12.3. The number of nitrogens with one attached hydrogen (secondary N) is 1. The summed E-state index contributed by atoms with van der Waals surface area (Å²) in [7, 11) is 3.37. The number of amides is 1. The molecule has 0 fully saturated rings. The molecule has 0 saturated carbocycles. The molecule has 0 heterocycles. The summed E-state index contributed by atoms with van der Waals surface area (Å²) in [6, 6.07) is 2.13. The maximum absolute atomic E-state index is 12.3. The van der Waals surface area contributed by atoms with E-state index >= 15 is 0 Å². The molecule has 1 amide bonds. The second kappa shape index (κ2) is 7.82. The van der Waals surface area contributed by atoms with E-state index in [-0.39, 0.29) is 11.8 Å². The molecule has 4 nitrogen and oxygen atoms in total. The van der Waals surface area contributed by atoms with Crippen molar-refractivity contribution in [1.29, 1.82) is 0 Å². The third kappa shape index (κ3) is 3.86. The zero-order valence-corrected chi connectivity index (χ0v) is 15.0. The van der Waals surface area contributed by atoms with Crippen LogP contribution in [0.5, 0.6) is 5.75 Å². The molecule has 1 aromatic carbocycles. The lowest BCUT2D eigenvalue weighted by molar-refractivity contribution is -0.126. The first-order valence-electron chi connectivity index (χ1n) is 8.42. The molecular weight excluding hydrogens is 290 g/mol. The van der Waals surface area contributed by atoms with Gasteiger partial charge in [-0.15, -0.1) is 0 Å². The number of carbonyl (C=O) groups is 1. The van der Waals surface area contributed by atoms with E-state index in [0.29, 0.717) is 19.1 Å². The smallest absolute Gasteiger partial charge is 0.223 e. The van der Waals surface area contributed by atoms with Gasteiger partial charge in [0.05, 0.1) is 13.7 Å². The van der Waals surface area contributed by atoms with Crippen LogP contribution in [0.3, 0.4) is 0 Å². The van der Waals surface area contributed by atoms with Crippen molar-refractivity contribution in [2.45, 2.75) is 40.0 Å². The Balaban J connectivity index is 2.13. The highest BCUT2D eigenvalue weighted by atomic mass is 16.5. The molecule has 4 heteroatoms. The first-order chi connectivity index (χ1) is 11.0. The van der Waals surface area contributed by atoms with Gasteiger partial charge in [-0.1, -0.05) is 6.92 Å². The Morgan fingerprint density at radius 3 is 2.74 bits per heavy atom. The van der Waals surface area contributed by atoms with Crippen LogP contribution in [0.4, 0.5) is 0 Å². The molecule has 1 aliphatic rings. The van der Waals surface area contributed by atoms with E-state index in [0.717, 1.165) is 25.0 Å². The number of fused-ring (bicyclic) bond motifs is 1. The highest BCUT2D eigenvalue weighted by Crippen LogP contribution is 2.37. The largest absolute Gasteiger partial charge is 0.496 e. The summed E-state index contributed by atoms with van der Waals surface area (Å²) in [5.74, 6) is 1.49. The number of hydrogen-bond acceptors (Lipinski definition) is 3. The summed E-state index contributed by atoms with van der Waals surface area (Å²) in [5, 5.41) is 2.96. The second-order valence-corrected chi connectivity index (χ2v) is 6.55. The van der Waals surface area contributed by atoms with Gasteiger partial charge in [0.2, 0.25) is 5.91 Å². The van der Waals surface area contributed by atoms with Crippen molar-refractivity contribution >= 4 is 5.91 Å². The summed E-state index contributed by atoms with van der Waals surface area (Å²) < 4.78 is 10.5. The molecule has 0 aromatic heterocycles. The van der Waals surface area contributed by atoms with Crippen LogP contribution in [0.2, 0.25) is 0 Å². The highest BCUT2D eigenvalue weighted by molar-refractivity contribution is 5.78. The fraction of sp³-hybridized carbons (Fsp3) is 0.632. The fourth-order valence-corrected chi connectivity index (χ4v) is 3.61. The number of benzene rings is 1. The van der Waals surface area contributed by atoms with Crippen LogP contribution in [0.25, 0.3) is 0 Å². The number of methoxy groups -OCH3 is 2. The van der Waals surface area contributed by atoms with Crippen molar-refractivity contribution in [1.82, 2.24) is 5.32 Å². The van der Waals surface area contributed by atoms with E-state index < -0.39 is 0 Å². The van der Waals surface area contributed by atoms with E-state index in [4.69, 9.17) is 9.47 Å². The number of hydrogen-bond donors (Lipinski definition) is 1. The molecule has 1 aromatic rings. The van der Waals surface area contributed by atoms with Crippen molar-refractivity contribution in [2.24, 2.45) is 11.8 Å². The average Bonchev–Trinajstić information content (AvgIpc) is 2.57. The van der Waals surface area contributed by atoms with Crippen molar-refractivity contribution < 1.29 is 14.3 Å². The molecule has 0 spiro atoms. The van der Waals surface area contributed by atoms with E-state index in [1.54, 1.807) is 14.2 Å². The van der Waals surface area contributed by atoms with Crippen LogP contribution in [0.1, 0.15) is 35.6 Å². The lowest BCUT2D eigenvalue weighted by atomic mass is 9.75. The van der Waals surface area contributed by atoms with Crippen molar-refractivity contribution in [3.8, 4) is 5.75 Å². The van der Waals surface area contributed by atoms with Gasteiger partial charge in [0.1, 0.15) is 5.75 Å². The zero-order valence-electron chi connectivity index (χ0n) is 15.0. The molecule has 2 rings (SSSR count). The Kier molecular flexibility index (Phi) is 6.05. The maximum Gasteiger partial charge on any atom is 0.223 e. The van der Waals surface area contributed by atoms with Gasteiger partial charge in [-0.25, -0.2) is 0 Å². The van der Waals surface area contributed by atoms with Gasteiger partial charge < -0.3 is 14.8 Å². The fourth-order valence-electron chi connectivity index (χ4n) is 3.61. The standard InChI is InChI=1S/C19H29NO3/c1-12-10-18(23-5)14(3)17-11-15(6-7-16(12)17)13(2)19(21)20-8-9-22-4/h10,13,15H,6-9,11H2,1-5H3,(H,20,21)/t13-,15+/m0/s1. The molecule has 0 saturated heterocycles. The van der Waals surface area contributed by atoms with Gasteiger partial charge in [0, 0.05) is 19.6 Å². The first kappa shape index (κ1) is 17.8. The van der Waals surface area contributed by atoms with E-state index in [1.807, 2.05) is 6.92 Å². The molecule has 0 bridgehead atoms. The molecule has 1 aliphatic carbocycles. The molecule has 2 atom stereocenters. The number of carbonyl (C=O) groups excluding carboxylic acids is 1. The van der Waals surface area contributed by atoms with Gasteiger partial charge >= 0.3 is 0 Å². The average molecular weight is 319 g/mol. The summed E-state index contributed by atoms with van der Waals surface area (Å²) >= 11 is 0. The number of aryl methyl sites for hydroxylation is 1.